The van der Waals surface area contributed by atoms with Gasteiger partial charge in [-0.15, -0.1) is 11.8 Å². The third-order valence-electron chi connectivity index (χ3n) is 6.72. The minimum absolute atomic E-state index is 0.00951. The average molecular weight is 727 g/mol. The van der Waals surface area contributed by atoms with Crippen LogP contribution in [0.2, 0.25) is 0 Å². The predicted octanol–water partition coefficient (Wildman–Crippen LogP) is 8.77. The Labute approximate surface area is 311 Å². The van der Waals surface area contributed by atoms with E-state index >= 15 is 0 Å². The van der Waals surface area contributed by atoms with Crippen LogP contribution in [0, 0.1) is 11.3 Å². The summed E-state index contributed by atoms with van der Waals surface area (Å²) in [5.74, 6) is 0.0718. The van der Waals surface area contributed by atoms with Crippen molar-refractivity contribution in [2.75, 3.05) is 37.4 Å². The van der Waals surface area contributed by atoms with Crippen molar-refractivity contribution in [1.82, 2.24) is 15.5 Å². The lowest BCUT2D eigenvalue weighted by atomic mass is 10.0. The summed E-state index contributed by atoms with van der Waals surface area (Å²) in [7, 11) is 0. The molecule has 2 amide bonds. The Morgan fingerprint density at radius 1 is 0.880 bits per heavy atom. The number of carboxylic acid groups (broad SMARTS) is 1. The molecule has 3 aromatic carbocycles. The molecule has 0 aliphatic carbocycles. The third kappa shape index (κ3) is 21.5. The number of rotatable bonds is 17. The van der Waals surface area contributed by atoms with Crippen LogP contribution in [0.15, 0.2) is 66.7 Å². The molecule has 0 heterocycles. The van der Waals surface area contributed by atoms with Gasteiger partial charge in [-0.05, 0) is 52.5 Å². The standard InChI is InChI=1S/C30H34N4O4S2.C4H10.3C2H6/c1-39-16-13-27(30(37)38)33-28(35)19-34(18-25-7-4-6-24-5-2-3-8-26(24)25)15-14-32-29(36)21-40-20-23-11-9-22(17-31)10-12-23;1-3-4-2;3*1-2/h2-12,27H,13-16,18-21H2,1H3,(H,32,36)(H,33,35)(H,37,38);3-4H2,1-2H3;3*1-2H3/t27-;;;;/m0..../s1. The molecule has 0 aliphatic heterocycles. The van der Waals surface area contributed by atoms with Crippen LogP contribution in [-0.2, 0) is 26.7 Å². The van der Waals surface area contributed by atoms with Crippen LogP contribution >= 0.6 is 23.5 Å². The van der Waals surface area contributed by atoms with Gasteiger partial charge in [-0.3, -0.25) is 14.5 Å². The molecule has 0 aromatic heterocycles. The fourth-order valence-electron chi connectivity index (χ4n) is 4.16. The number of benzene rings is 3. The molecule has 0 saturated heterocycles. The van der Waals surface area contributed by atoms with E-state index in [9.17, 15) is 19.5 Å². The van der Waals surface area contributed by atoms with Crippen LogP contribution in [0.1, 0.15) is 91.3 Å². The van der Waals surface area contributed by atoms with Crippen molar-refractivity contribution in [3.05, 3.63) is 83.4 Å². The Morgan fingerprint density at radius 3 is 2.08 bits per heavy atom. The van der Waals surface area contributed by atoms with Crippen molar-refractivity contribution in [2.45, 2.75) is 93.0 Å². The highest BCUT2D eigenvalue weighted by Gasteiger charge is 2.21. The Morgan fingerprint density at radius 2 is 1.50 bits per heavy atom. The monoisotopic (exact) mass is 726 g/mol. The summed E-state index contributed by atoms with van der Waals surface area (Å²) in [6.45, 7) is 17.6. The van der Waals surface area contributed by atoms with E-state index in [1.807, 2.05) is 107 Å². The minimum atomic E-state index is -1.05. The van der Waals surface area contributed by atoms with Gasteiger partial charge in [0.2, 0.25) is 11.8 Å². The number of aliphatic carboxylic acids is 1. The molecule has 278 valence electrons. The molecule has 0 radical (unpaired) electrons. The first-order valence-corrected chi connectivity index (χ1v) is 20.4. The molecule has 1 atom stereocenters. The Hall–Kier alpha value is -3.52. The first-order valence-electron chi connectivity index (χ1n) is 17.8. The number of hydrogen-bond acceptors (Lipinski definition) is 7. The minimum Gasteiger partial charge on any atom is -0.480 e. The number of nitrogens with zero attached hydrogens (tertiary/aromatic N) is 2. The van der Waals surface area contributed by atoms with E-state index in [4.69, 9.17) is 5.26 Å². The topological polar surface area (TPSA) is 123 Å². The molecule has 3 rings (SSSR count). The first-order chi connectivity index (χ1) is 24.3. The van der Waals surface area contributed by atoms with E-state index in [1.165, 1.54) is 36.4 Å². The number of thioether (sulfide) groups is 2. The van der Waals surface area contributed by atoms with Crippen molar-refractivity contribution in [1.29, 1.82) is 5.26 Å². The molecule has 50 heavy (non-hydrogen) atoms. The smallest absolute Gasteiger partial charge is 0.326 e. The van der Waals surface area contributed by atoms with Crippen LogP contribution < -0.4 is 10.6 Å². The maximum absolute atomic E-state index is 12.9. The molecular weight excluding hydrogens is 665 g/mol. The summed E-state index contributed by atoms with van der Waals surface area (Å²) in [6.07, 6.45) is 4.88. The molecule has 3 N–H and O–H groups in total. The lowest BCUT2D eigenvalue weighted by molar-refractivity contribution is -0.142. The van der Waals surface area contributed by atoms with Crippen molar-refractivity contribution in [2.24, 2.45) is 0 Å². The number of hydrogen-bond donors (Lipinski definition) is 3. The molecule has 0 unspecified atom stereocenters. The van der Waals surface area contributed by atoms with Crippen LogP contribution in [-0.4, -0.2) is 71.2 Å². The second-order valence-electron chi connectivity index (χ2n) is 10.2. The molecule has 3 aromatic rings. The third-order valence-corrected chi connectivity index (χ3v) is 8.37. The molecular formula is C40H62N4O4S2. The Bertz CT molecular complexity index is 1360. The summed E-state index contributed by atoms with van der Waals surface area (Å²) < 4.78 is 0. The average Bonchev–Trinajstić information content (AvgIpc) is 3.16. The van der Waals surface area contributed by atoms with Gasteiger partial charge in [0.25, 0.3) is 0 Å². The van der Waals surface area contributed by atoms with Gasteiger partial charge in [0.15, 0.2) is 0 Å². The zero-order chi connectivity index (χ0) is 38.2. The number of unbranched alkanes of at least 4 members (excludes halogenated alkanes) is 1. The van der Waals surface area contributed by atoms with Gasteiger partial charge in [0.1, 0.15) is 6.04 Å². The van der Waals surface area contributed by atoms with Gasteiger partial charge in [-0.2, -0.15) is 17.0 Å². The van der Waals surface area contributed by atoms with E-state index in [1.54, 1.807) is 12.1 Å². The fraction of sp³-hybridized carbons (Fsp3) is 0.500. The van der Waals surface area contributed by atoms with E-state index in [0.29, 0.717) is 48.9 Å². The fourth-order valence-corrected chi connectivity index (χ4v) is 5.45. The van der Waals surface area contributed by atoms with Gasteiger partial charge in [0.05, 0.1) is 23.9 Å². The largest absolute Gasteiger partial charge is 0.480 e. The quantitative estimate of drug-likeness (QED) is 0.126. The van der Waals surface area contributed by atoms with Gasteiger partial charge < -0.3 is 15.7 Å². The number of amides is 2. The highest BCUT2D eigenvalue weighted by Crippen LogP contribution is 2.20. The summed E-state index contributed by atoms with van der Waals surface area (Å²) in [5, 5.41) is 26.2. The number of carbonyl (C=O) groups is 3. The highest BCUT2D eigenvalue weighted by atomic mass is 32.2. The summed E-state index contributed by atoms with van der Waals surface area (Å²) >= 11 is 3.02. The second kappa shape index (κ2) is 32.7. The van der Waals surface area contributed by atoms with E-state index < -0.39 is 12.0 Å². The molecule has 8 nitrogen and oxygen atoms in total. The predicted molar refractivity (Wildman–Crippen MR) is 217 cm³/mol. The first kappa shape index (κ1) is 48.6. The van der Waals surface area contributed by atoms with Gasteiger partial charge in [-0.25, -0.2) is 4.79 Å². The molecule has 0 spiro atoms. The zero-order valence-electron chi connectivity index (χ0n) is 31.9. The van der Waals surface area contributed by atoms with Crippen molar-refractivity contribution >= 4 is 52.1 Å². The number of nitrogens with one attached hydrogen (secondary N) is 2. The van der Waals surface area contributed by atoms with Gasteiger partial charge in [0, 0.05) is 25.4 Å². The van der Waals surface area contributed by atoms with Gasteiger partial charge >= 0.3 is 5.97 Å². The molecule has 0 saturated carbocycles. The number of nitriles is 1. The van der Waals surface area contributed by atoms with Crippen LogP contribution in [0.25, 0.3) is 10.8 Å². The SMILES string of the molecule is CC.CC.CC.CCCC.CSCC[C@H](NC(=O)CN(CCNC(=O)CSCc1ccc(C#N)cc1)Cc1cccc2ccccc12)C(=O)O. The van der Waals surface area contributed by atoms with E-state index in [2.05, 4.69) is 30.6 Å². The maximum Gasteiger partial charge on any atom is 0.326 e. The summed E-state index contributed by atoms with van der Waals surface area (Å²) in [4.78, 5) is 38.9. The van der Waals surface area contributed by atoms with Crippen molar-refractivity contribution < 1.29 is 19.5 Å². The van der Waals surface area contributed by atoms with Crippen molar-refractivity contribution in [3.63, 3.8) is 0 Å². The number of carbonyl (C=O) groups excluding carboxylic acids is 2. The lowest BCUT2D eigenvalue weighted by Gasteiger charge is -2.24. The second-order valence-corrected chi connectivity index (χ2v) is 12.2. The van der Waals surface area contributed by atoms with Crippen LogP contribution in [0.5, 0.6) is 0 Å². The molecule has 10 heteroatoms. The molecule has 0 fully saturated rings. The van der Waals surface area contributed by atoms with Crippen LogP contribution in [0.3, 0.4) is 0 Å². The van der Waals surface area contributed by atoms with E-state index in [-0.39, 0.29) is 18.4 Å². The van der Waals surface area contributed by atoms with Crippen LogP contribution in [0.4, 0.5) is 0 Å². The van der Waals surface area contributed by atoms with Crippen molar-refractivity contribution in [3.8, 4) is 6.07 Å². The van der Waals surface area contributed by atoms with E-state index in [0.717, 1.165) is 21.9 Å². The number of fused-ring (bicyclic) bond motifs is 1. The van der Waals surface area contributed by atoms with Gasteiger partial charge in [-0.1, -0.05) is 123 Å². The Kier molecular flexibility index (Phi) is 31.8. The normalized spacial score (nSPS) is 10.3. The highest BCUT2D eigenvalue weighted by molar-refractivity contribution is 7.99. The Balaban J connectivity index is 0. The summed E-state index contributed by atoms with van der Waals surface area (Å²) in [6, 6.07) is 22.5. The molecule has 0 aliphatic rings. The zero-order valence-corrected chi connectivity index (χ0v) is 33.5. The molecule has 0 bridgehead atoms. The number of carboxylic acids is 1. The lowest BCUT2D eigenvalue weighted by Crippen LogP contribution is -2.47. The summed E-state index contributed by atoms with van der Waals surface area (Å²) in [5.41, 5.74) is 2.69. The maximum atomic E-state index is 12.9.